The van der Waals surface area contributed by atoms with E-state index in [1.54, 1.807) is 19.5 Å². The summed E-state index contributed by atoms with van der Waals surface area (Å²) in [7, 11) is 1.59. The third-order valence-corrected chi connectivity index (χ3v) is 11.5. The van der Waals surface area contributed by atoms with E-state index >= 15 is 0 Å². The van der Waals surface area contributed by atoms with Crippen LogP contribution in [0.4, 0.5) is 0 Å². The van der Waals surface area contributed by atoms with Gasteiger partial charge in [0.1, 0.15) is 5.65 Å². The van der Waals surface area contributed by atoms with Crippen LogP contribution >= 0.6 is 23.2 Å². The van der Waals surface area contributed by atoms with Gasteiger partial charge in [0, 0.05) is 90.3 Å². The van der Waals surface area contributed by atoms with Crippen LogP contribution in [-0.2, 0) is 22.7 Å². The van der Waals surface area contributed by atoms with Crippen molar-refractivity contribution < 1.29 is 14.3 Å². The van der Waals surface area contributed by atoms with Gasteiger partial charge < -0.3 is 26.0 Å². The summed E-state index contributed by atoms with van der Waals surface area (Å²) >= 11 is 14.2. The maximum absolute atomic E-state index is 13.4. The van der Waals surface area contributed by atoms with Crippen LogP contribution in [0.3, 0.4) is 0 Å². The number of carbonyl (C=O) groups excluding carboxylic acids is 2. The summed E-state index contributed by atoms with van der Waals surface area (Å²) in [6.45, 7) is 2.19. The first-order chi connectivity index (χ1) is 25.7. The average Bonchev–Trinajstić information content (AvgIpc) is 3.87. The Morgan fingerprint density at radius 3 is 2.40 bits per heavy atom. The zero-order valence-corrected chi connectivity index (χ0v) is 30.7. The van der Waals surface area contributed by atoms with Crippen molar-refractivity contribution >= 4 is 40.7 Å². The molecule has 4 N–H and O–H groups in total. The van der Waals surface area contributed by atoms with Gasteiger partial charge in [0.15, 0.2) is 0 Å². The number of ether oxygens (including phenoxy) is 1. The fourth-order valence-electron chi connectivity index (χ4n) is 7.91. The molecule has 2 aromatic carbocycles. The Hall–Kier alpha value is -4.81. The number of amides is 2. The van der Waals surface area contributed by atoms with Gasteiger partial charge in [0.25, 0.3) is 5.56 Å². The van der Waals surface area contributed by atoms with E-state index in [2.05, 4.69) is 26.3 Å². The van der Waals surface area contributed by atoms with Crippen molar-refractivity contribution in [3.8, 4) is 39.4 Å². The van der Waals surface area contributed by atoms with E-state index in [9.17, 15) is 14.4 Å². The molecule has 2 saturated heterocycles. The average molecular weight is 753 g/mol. The molecule has 2 amide bonds. The van der Waals surface area contributed by atoms with Crippen molar-refractivity contribution in [2.24, 2.45) is 5.92 Å². The SMILES string of the molecule is COc1nc(-c2cccc(-c3cccc(-c4ccn5c(=O)c(CNCC67CCC(C6)C(=O)N7)cnc5c4)c3Cl)c2Cl)ccc1CNC[C@@H]1CCC(=O)N1. The van der Waals surface area contributed by atoms with E-state index in [1.807, 2.05) is 60.7 Å². The third kappa shape index (κ3) is 6.90. The minimum atomic E-state index is -0.206. The van der Waals surface area contributed by atoms with Gasteiger partial charge in [-0.1, -0.05) is 65.7 Å². The van der Waals surface area contributed by atoms with E-state index in [1.165, 1.54) is 4.40 Å². The summed E-state index contributed by atoms with van der Waals surface area (Å²) in [6, 6.07) is 19.3. The van der Waals surface area contributed by atoms with Gasteiger partial charge in [-0.05, 0) is 49.4 Å². The molecule has 0 radical (unpaired) electrons. The van der Waals surface area contributed by atoms with Crippen molar-refractivity contribution in [3.63, 3.8) is 0 Å². The van der Waals surface area contributed by atoms with Crippen LogP contribution in [0, 0.1) is 5.92 Å². The number of nitrogens with zero attached hydrogens (tertiary/aromatic N) is 3. The molecule has 3 fully saturated rings. The molecule has 1 aliphatic carbocycles. The van der Waals surface area contributed by atoms with Crippen molar-refractivity contribution in [2.45, 2.75) is 56.8 Å². The Kier molecular flexibility index (Phi) is 9.67. The summed E-state index contributed by atoms with van der Waals surface area (Å²) in [6.07, 6.45) is 7.46. The Bertz CT molecular complexity index is 2310. The predicted molar refractivity (Wildman–Crippen MR) is 205 cm³/mol. The minimum absolute atomic E-state index is 0.0927. The number of hydrogen-bond donors (Lipinski definition) is 4. The highest BCUT2D eigenvalue weighted by molar-refractivity contribution is 6.39. The third-order valence-electron chi connectivity index (χ3n) is 10.7. The van der Waals surface area contributed by atoms with Gasteiger partial charge in [-0.15, -0.1) is 0 Å². The summed E-state index contributed by atoms with van der Waals surface area (Å²) in [4.78, 5) is 46.4. The molecule has 2 unspecified atom stereocenters. The molecule has 1 saturated carbocycles. The monoisotopic (exact) mass is 751 g/mol. The molecule has 2 aliphatic heterocycles. The second kappa shape index (κ2) is 14.5. The van der Waals surface area contributed by atoms with E-state index < -0.39 is 0 Å². The number of methoxy groups -OCH3 is 1. The molecule has 5 heterocycles. The standard InChI is InChI=1S/C40H39Cl2N7O4/c1-53-38-25(18-43-21-27-9-11-34(50)46-27)8-10-32(47-38)31-7-3-6-30(36(31)42)29-5-2-4-28(35(29)41)23-13-15-49-33(16-23)45-20-26(39(49)52)19-44-22-40-14-12-24(17-40)37(51)48-40/h2-8,10,13,15-16,20,24,27,43-44H,9,11-12,14,17-19,21-22H2,1H3,(H,46,50)(H,48,51)/t24?,27-,40?/m0/s1. The molecule has 8 rings (SSSR count). The zero-order chi connectivity index (χ0) is 36.7. The fourth-order valence-corrected chi connectivity index (χ4v) is 8.57. The highest BCUT2D eigenvalue weighted by Crippen LogP contribution is 2.43. The number of aromatic nitrogens is 3. The Balaban J connectivity index is 1.00. The van der Waals surface area contributed by atoms with Crippen LogP contribution in [0.5, 0.6) is 5.88 Å². The van der Waals surface area contributed by atoms with Crippen LogP contribution in [0.15, 0.2) is 77.9 Å². The Morgan fingerprint density at radius 2 is 1.68 bits per heavy atom. The van der Waals surface area contributed by atoms with Crippen LogP contribution in [0.25, 0.3) is 39.2 Å². The minimum Gasteiger partial charge on any atom is -0.481 e. The normalized spacial score (nSPS) is 20.6. The molecule has 272 valence electrons. The lowest BCUT2D eigenvalue weighted by Gasteiger charge is -2.27. The molecule has 3 aromatic heterocycles. The highest BCUT2D eigenvalue weighted by Gasteiger charge is 2.49. The molecule has 3 aliphatic rings. The van der Waals surface area contributed by atoms with E-state index in [0.717, 1.165) is 59.1 Å². The van der Waals surface area contributed by atoms with Crippen LogP contribution in [0.2, 0.25) is 10.0 Å². The number of hydrogen-bond acceptors (Lipinski definition) is 8. The Morgan fingerprint density at radius 1 is 0.925 bits per heavy atom. The number of carbonyl (C=O) groups is 2. The van der Waals surface area contributed by atoms with Crippen molar-refractivity contribution in [2.75, 3.05) is 20.2 Å². The first-order valence-electron chi connectivity index (χ1n) is 17.9. The summed E-state index contributed by atoms with van der Waals surface area (Å²) in [5, 5.41) is 13.9. The zero-order valence-electron chi connectivity index (χ0n) is 29.2. The maximum Gasteiger partial charge on any atom is 0.262 e. The molecule has 11 nitrogen and oxygen atoms in total. The van der Waals surface area contributed by atoms with Gasteiger partial charge >= 0.3 is 0 Å². The second-order valence-electron chi connectivity index (χ2n) is 14.2. The quantitative estimate of drug-likeness (QED) is 0.131. The maximum atomic E-state index is 13.4. The van der Waals surface area contributed by atoms with E-state index in [-0.39, 0.29) is 34.9 Å². The molecule has 53 heavy (non-hydrogen) atoms. The summed E-state index contributed by atoms with van der Waals surface area (Å²) in [5.74, 6) is 0.844. The smallest absolute Gasteiger partial charge is 0.262 e. The lowest BCUT2D eigenvalue weighted by atomic mass is 9.97. The lowest BCUT2D eigenvalue weighted by molar-refractivity contribution is -0.124. The molecule has 5 aromatic rings. The summed E-state index contributed by atoms with van der Waals surface area (Å²) in [5.41, 5.74) is 6.06. The predicted octanol–water partition coefficient (Wildman–Crippen LogP) is 5.53. The van der Waals surface area contributed by atoms with Crippen molar-refractivity contribution in [3.05, 3.63) is 105 Å². The largest absolute Gasteiger partial charge is 0.481 e. The van der Waals surface area contributed by atoms with Gasteiger partial charge in [-0.25, -0.2) is 9.97 Å². The number of pyridine rings is 2. The molecule has 0 spiro atoms. The first-order valence-corrected chi connectivity index (χ1v) is 18.6. The lowest BCUT2D eigenvalue weighted by Crippen LogP contribution is -2.50. The number of piperidine rings is 1. The van der Waals surface area contributed by atoms with Crippen molar-refractivity contribution in [1.29, 1.82) is 0 Å². The van der Waals surface area contributed by atoms with Crippen molar-refractivity contribution in [1.82, 2.24) is 35.6 Å². The van der Waals surface area contributed by atoms with Gasteiger partial charge in [0.2, 0.25) is 17.7 Å². The topological polar surface area (TPSA) is 139 Å². The molecule has 2 bridgehead atoms. The van der Waals surface area contributed by atoms with Crippen LogP contribution < -0.4 is 31.6 Å². The summed E-state index contributed by atoms with van der Waals surface area (Å²) < 4.78 is 7.19. The number of halogens is 2. The second-order valence-corrected chi connectivity index (χ2v) is 14.9. The highest BCUT2D eigenvalue weighted by atomic mass is 35.5. The fraction of sp³-hybridized carbons (Fsp3) is 0.325. The molecule has 13 heteroatoms. The van der Waals surface area contributed by atoms with Crippen LogP contribution in [-0.4, -0.2) is 58.0 Å². The number of nitrogens with one attached hydrogen (secondary N) is 4. The van der Waals surface area contributed by atoms with E-state index in [4.69, 9.17) is 32.9 Å². The number of rotatable bonds is 12. The van der Waals surface area contributed by atoms with E-state index in [0.29, 0.717) is 65.4 Å². The van der Waals surface area contributed by atoms with Gasteiger partial charge in [-0.3, -0.25) is 18.8 Å². The number of fused-ring (bicyclic) bond motifs is 3. The van der Waals surface area contributed by atoms with Crippen LogP contribution in [0.1, 0.15) is 43.2 Å². The Labute approximate surface area is 316 Å². The van der Waals surface area contributed by atoms with Gasteiger partial charge in [-0.2, -0.15) is 0 Å². The number of benzene rings is 2. The molecule has 3 atom stereocenters. The molecular weight excluding hydrogens is 713 g/mol. The first kappa shape index (κ1) is 35.2. The molecular formula is C40H39Cl2N7O4. The van der Waals surface area contributed by atoms with Gasteiger partial charge in [0.05, 0.1) is 28.4 Å².